The minimum Gasteiger partial charge on any atom is -0.292 e. The Morgan fingerprint density at radius 2 is 2.12 bits per heavy atom. The van der Waals surface area contributed by atoms with Crippen LogP contribution < -0.4 is 5.32 Å². The summed E-state index contributed by atoms with van der Waals surface area (Å²) in [4.78, 5) is 16.6. The number of hydrogen-bond donors (Lipinski definition) is 2. The van der Waals surface area contributed by atoms with Crippen molar-refractivity contribution in [3.05, 3.63) is 34.9 Å². The highest BCUT2D eigenvalue weighted by Crippen LogP contribution is 2.48. The van der Waals surface area contributed by atoms with Gasteiger partial charge >= 0.3 is 0 Å². The Balaban J connectivity index is 1.87. The number of amides is 1. The molecule has 0 atom stereocenters. The van der Waals surface area contributed by atoms with E-state index in [1.54, 1.807) is 12.1 Å². The van der Waals surface area contributed by atoms with Crippen molar-refractivity contribution in [1.29, 1.82) is 0 Å². The zero-order valence-corrected chi connectivity index (χ0v) is 14.8. The number of carbonyl (C=O) groups is 1. The molecule has 0 spiro atoms. The summed E-state index contributed by atoms with van der Waals surface area (Å²) in [5, 5.41) is 8.96. The monoisotopic (exact) mass is 368 g/mol. The van der Waals surface area contributed by atoms with Gasteiger partial charge in [-0.3, -0.25) is 10.1 Å². The fourth-order valence-electron chi connectivity index (χ4n) is 3.16. The van der Waals surface area contributed by atoms with Crippen LogP contribution in [0.5, 0.6) is 0 Å². The van der Waals surface area contributed by atoms with E-state index >= 15 is 0 Å². The number of halogens is 1. The van der Waals surface area contributed by atoms with Crippen LogP contribution in [0, 0.1) is 5.92 Å². The first-order valence-electron chi connectivity index (χ1n) is 7.41. The average molecular weight is 369 g/mol. The second-order valence-electron chi connectivity index (χ2n) is 6.30. The zero-order chi connectivity index (χ0) is 17.5. The van der Waals surface area contributed by atoms with Crippen molar-refractivity contribution in [2.45, 2.75) is 30.3 Å². The van der Waals surface area contributed by atoms with Crippen LogP contribution in [-0.4, -0.2) is 35.8 Å². The van der Waals surface area contributed by atoms with Gasteiger partial charge in [0.1, 0.15) is 0 Å². The summed E-state index contributed by atoms with van der Waals surface area (Å²) in [7, 11) is -3.51. The van der Waals surface area contributed by atoms with Crippen LogP contribution in [0.4, 0.5) is 5.95 Å². The van der Waals surface area contributed by atoms with Crippen LogP contribution >= 0.6 is 11.6 Å². The maximum absolute atomic E-state index is 12.8. The molecule has 2 aromatic rings. The molecule has 1 aliphatic carbocycles. The van der Waals surface area contributed by atoms with Crippen LogP contribution in [0.25, 0.3) is 0 Å². The molecule has 0 unspecified atom stereocenters. The molecule has 1 heterocycles. The van der Waals surface area contributed by atoms with Gasteiger partial charge in [-0.15, -0.1) is 5.10 Å². The molecule has 1 amide bonds. The third-order valence-corrected chi connectivity index (χ3v) is 5.37. The van der Waals surface area contributed by atoms with E-state index in [9.17, 15) is 13.2 Å². The first-order valence-corrected chi connectivity index (χ1v) is 9.67. The van der Waals surface area contributed by atoms with Gasteiger partial charge in [0.2, 0.25) is 26.8 Å². The number of sulfone groups is 1. The Morgan fingerprint density at radius 1 is 1.42 bits per heavy atom. The normalized spacial score (nSPS) is 23.5. The first kappa shape index (κ1) is 16.9. The second-order valence-corrected chi connectivity index (χ2v) is 8.66. The number of rotatable bonds is 4. The molecule has 1 fully saturated rings. The highest BCUT2D eigenvalue weighted by molar-refractivity contribution is 7.90. The van der Waals surface area contributed by atoms with E-state index in [1.165, 1.54) is 0 Å². The van der Waals surface area contributed by atoms with Crippen molar-refractivity contribution in [3.63, 3.8) is 0 Å². The lowest BCUT2D eigenvalue weighted by Crippen LogP contribution is -2.50. The predicted octanol–water partition coefficient (Wildman–Crippen LogP) is 2.17. The van der Waals surface area contributed by atoms with E-state index in [0.29, 0.717) is 23.8 Å². The SMILES string of the molecule is CC1CC(C(=O)Nc2n[nH]c(S(C)(=O)=O)n2)(c2cccc(Cl)c2)C1. The zero-order valence-electron chi connectivity index (χ0n) is 13.2. The third kappa shape index (κ3) is 3.03. The number of aromatic amines is 1. The second kappa shape index (κ2) is 5.86. The molecule has 128 valence electrons. The molecule has 1 aromatic carbocycles. The molecule has 9 heteroatoms. The van der Waals surface area contributed by atoms with E-state index in [1.807, 2.05) is 12.1 Å². The largest absolute Gasteiger partial charge is 0.292 e. The first-order chi connectivity index (χ1) is 11.2. The lowest BCUT2D eigenvalue weighted by molar-refractivity contribution is -0.126. The molecule has 3 rings (SSSR count). The van der Waals surface area contributed by atoms with Crippen molar-refractivity contribution < 1.29 is 13.2 Å². The molecular weight excluding hydrogens is 352 g/mol. The van der Waals surface area contributed by atoms with E-state index in [0.717, 1.165) is 11.8 Å². The minimum absolute atomic E-state index is 0.0543. The number of anilines is 1. The molecule has 0 bridgehead atoms. The van der Waals surface area contributed by atoms with Gasteiger partial charge < -0.3 is 0 Å². The molecule has 0 saturated heterocycles. The van der Waals surface area contributed by atoms with Gasteiger partial charge in [0, 0.05) is 11.3 Å². The van der Waals surface area contributed by atoms with Crippen LogP contribution in [-0.2, 0) is 20.0 Å². The number of nitrogens with zero attached hydrogens (tertiary/aromatic N) is 2. The molecule has 24 heavy (non-hydrogen) atoms. The molecule has 1 aromatic heterocycles. The molecule has 7 nitrogen and oxygen atoms in total. The van der Waals surface area contributed by atoms with Gasteiger partial charge in [0.15, 0.2) is 0 Å². The van der Waals surface area contributed by atoms with Gasteiger partial charge in [0.25, 0.3) is 0 Å². The van der Waals surface area contributed by atoms with Crippen molar-refractivity contribution in [2.24, 2.45) is 5.92 Å². The van der Waals surface area contributed by atoms with Crippen LogP contribution in [0.2, 0.25) is 5.02 Å². The van der Waals surface area contributed by atoms with Gasteiger partial charge in [-0.1, -0.05) is 30.7 Å². The topological polar surface area (TPSA) is 105 Å². The van der Waals surface area contributed by atoms with Gasteiger partial charge in [0.05, 0.1) is 5.41 Å². The van der Waals surface area contributed by atoms with E-state index in [2.05, 4.69) is 27.4 Å². The summed E-state index contributed by atoms with van der Waals surface area (Å²) in [5.74, 6) is 0.0942. The average Bonchev–Trinajstić information content (AvgIpc) is 2.92. The molecular formula is C15H17ClN4O3S. The Labute approximate surface area is 144 Å². The summed E-state index contributed by atoms with van der Waals surface area (Å²) in [6.45, 7) is 2.07. The van der Waals surface area contributed by atoms with Gasteiger partial charge in [-0.2, -0.15) is 4.98 Å². The molecule has 1 aliphatic rings. The smallest absolute Gasteiger partial charge is 0.249 e. The van der Waals surface area contributed by atoms with Crippen molar-refractivity contribution in [2.75, 3.05) is 11.6 Å². The number of aromatic nitrogens is 3. The van der Waals surface area contributed by atoms with Crippen molar-refractivity contribution >= 4 is 33.3 Å². The number of benzene rings is 1. The summed E-state index contributed by atoms with van der Waals surface area (Å²) in [6, 6.07) is 7.22. The van der Waals surface area contributed by atoms with Crippen LogP contribution in [0.3, 0.4) is 0 Å². The Kier molecular flexibility index (Phi) is 4.13. The summed E-state index contributed by atoms with van der Waals surface area (Å²) in [6.07, 6.45) is 2.38. The summed E-state index contributed by atoms with van der Waals surface area (Å²) >= 11 is 6.06. The number of nitrogens with one attached hydrogen (secondary N) is 2. The Bertz CT molecular complexity index is 888. The third-order valence-electron chi connectivity index (χ3n) is 4.25. The lowest BCUT2D eigenvalue weighted by atomic mass is 9.58. The van der Waals surface area contributed by atoms with E-state index in [-0.39, 0.29) is 17.0 Å². The quantitative estimate of drug-likeness (QED) is 0.860. The summed E-state index contributed by atoms with van der Waals surface area (Å²) in [5.41, 5.74) is 0.139. The Morgan fingerprint density at radius 3 is 2.67 bits per heavy atom. The molecule has 2 N–H and O–H groups in total. The molecule has 0 radical (unpaired) electrons. The van der Waals surface area contributed by atoms with Crippen molar-refractivity contribution in [3.8, 4) is 0 Å². The highest BCUT2D eigenvalue weighted by Gasteiger charge is 2.50. The van der Waals surface area contributed by atoms with Crippen molar-refractivity contribution in [1.82, 2.24) is 15.2 Å². The van der Waals surface area contributed by atoms with Gasteiger partial charge in [-0.05, 0) is 36.5 Å². The maximum Gasteiger partial charge on any atom is 0.249 e. The van der Waals surface area contributed by atoms with E-state index in [4.69, 9.17) is 11.6 Å². The fourth-order valence-corrected chi connectivity index (χ4v) is 3.81. The van der Waals surface area contributed by atoms with E-state index < -0.39 is 15.3 Å². The highest BCUT2D eigenvalue weighted by atomic mass is 35.5. The standard InChI is InChI=1S/C15H17ClN4O3S/c1-9-7-15(8-9,10-4-3-5-11(16)6-10)12(21)17-13-18-14(20-19-13)24(2,22)23/h3-6,9H,7-8H2,1-2H3,(H2,17,18,19,20,21). The van der Waals surface area contributed by atoms with Crippen LogP contribution in [0.1, 0.15) is 25.3 Å². The maximum atomic E-state index is 12.8. The molecule has 1 saturated carbocycles. The predicted molar refractivity (Wildman–Crippen MR) is 89.7 cm³/mol. The minimum atomic E-state index is -3.51. The van der Waals surface area contributed by atoms with Crippen LogP contribution in [0.15, 0.2) is 29.4 Å². The lowest BCUT2D eigenvalue weighted by Gasteiger charge is -2.45. The number of hydrogen-bond acceptors (Lipinski definition) is 5. The number of carbonyl (C=O) groups excluding carboxylic acids is 1. The molecule has 0 aliphatic heterocycles. The Hall–Kier alpha value is -1.93. The fraction of sp³-hybridized carbons (Fsp3) is 0.400. The van der Waals surface area contributed by atoms with Gasteiger partial charge in [-0.25, -0.2) is 13.5 Å². The number of H-pyrrole nitrogens is 1. The summed E-state index contributed by atoms with van der Waals surface area (Å²) < 4.78 is 22.9.